The Labute approximate surface area is 120 Å². The molecule has 0 bridgehead atoms. The number of carbonyl (C=O) groups excluding carboxylic acids is 1. The third kappa shape index (κ3) is 2.21. The minimum Gasteiger partial charge on any atom is -0.456 e. The van der Waals surface area contributed by atoms with Gasteiger partial charge in [-0.15, -0.1) is 0 Å². The molecule has 0 aliphatic rings. The van der Waals surface area contributed by atoms with E-state index in [-0.39, 0.29) is 11.2 Å². The van der Waals surface area contributed by atoms with Crippen LogP contribution >= 0.6 is 0 Å². The Bertz CT molecular complexity index is 909. The second kappa shape index (κ2) is 4.90. The Morgan fingerprint density at radius 2 is 1.86 bits per heavy atom. The van der Waals surface area contributed by atoms with Crippen LogP contribution in [0.1, 0.15) is 17.3 Å². The van der Waals surface area contributed by atoms with Gasteiger partial charge in [-0.25, -0.2) is 0 Å². The first-order valence-electron chi connectivity index (χ1n) is 6.50. The lowest BCUT2D eigenvalue weighted by molar-refractivity contribution is 0.101. The minimum absolute atomic E-state index is 0.127. The summed E-state index contributed by atoms with van der Waals surface area (Å²) in [4.78, 5) is 23.7. The van der Waals surface area contributed by atoms with Crippen molar-refractivity contribution >= 4 is 22.4 Å². The van der Waals surface area contributed by atoms with Crippen molar-refractivity contribution in [2.45, 2.75) is 6.92 Å². The molecule has 0 saturated heterocycles. The van der Waals surface area contributed by atoms with Gasteiger partial charge in [-0.3, -0.25) is 9.59 Å². The fraction of sp³-hybridized carbons (Fsp3) is 0.0588. The number of nitrogen functional groups attached to an aromatic ring is 1. The summed E-state index contributed by atoms with van der Waals surface area (Å²) >= 11 is 0. The second-order valence-corrected chi connectivity index (χ2v) is 4.79. The lowest BCUT2D eigenvalue weighted by Crippen LogP contribution is -2.04. The molecule has 21 heavy (non-hydrogen) atoms. The summed E-state index contributed by atoms with van der Waals surface area (Å²) in [5.41, 5.74) is 7.67. The molecule has 0 aliphatic heterocycles. The summed E-state index contributed by atoms with van der Waals surface area (Å²) in [5, 5.41) is 0.516. The molecule has 2 N–H and O–H groups in total. The van der Waals surface area contributed by atoms with E-state index in [4.69, 9.17) is 10.2 Å². The van der Waals surface area contributed by atoms with Crippen molar-refractivity contribution in [3.8, 4) is 11.3 Å². The van der Waals surface area contributed by atoms with E-state index >= 15 is 0 Å². The molecular formula is C17H13NO3. The monoisotopic (exact) mass is 279 g/mol. The molecule has 0 amide bonds. The molecule has 3 rings (SSSR count). The van der Waals surface area contributed by atoms with Crippen LogP contribution in [0.2, 0.25) is 0 Å². The third-order valence-electron chi connectivity index (χ3n) is 3.39. The van der Waals surface area contributed by atoms with Gasteiger partial charge < -0.3 is 10.2 Å². The maximum absolute atomic E-state index is 12.1. The molecule has 4 heteroatoms. The molecular weight excluding hydrogens is 266 g/mol. The minimum atomic E-state index is -0.139. The van der Waals surface area contributed by atoms with Crippen molar-refractivity contribution in [1.82, 2.24) is 0 Å². The number of para-hydroxylation sites is 2. The van der Waals surface area contributed by atoms with Crippen LogP contribution in [0, 0.1) is 0 Å². The van der Waals surface area contributed by atoms with E-state index in [1.165, 1.54) is 13.0 Å². The summed E-state index contributed by atoms with van der Waals surface area (Å²) in [6.07, 6.45) is 0. The number of hydrogen-bond acceptors (Lipinski definition) is 4. The fourth-order valence-corrected chi connectivity index (χ4v) is 2.32. The Hall–Kier alpha value is -2.88. The number of carbonyl (C=O) groups is 1. The van der Waals surface area contributed by atoms with Crippen molar-refractivity contribution in [2.24, 2.45) is 0 Å². The molecule has 3 aromatic rings. The summed E-state index contributed by atoms with van der Waals surface area (Å²) in [5.74, 6) is 0.233. The summed E-state index contributed by atoms with van der Waals surface area (Å²) in [6, 6.07) is 13.5. The van der Waals surface area contributed by atoms with Crippen molar-refractivity contribution < 1.29 is 9.21 Å². The van der Waals surface area contributed by atoms with Crippen molar-refractivity contribution in [3.05, 3.63) is 64.3 Å². The molecule has 2 aromatic carbocycles. The van der Waals surface area contributed by atoms with Crippen LogP contribution in [-0.4, -0.2) is 5.78 Å². The molecule has 4 nitrogen and oxygen atoms in total. The van der Waals surface area contributed by atoms with Crippen LogP contribution in [-0.2, 0) is 0 Å². The maximum atomic E-state index is 12.1. The van der Waals surface area contributed by atoms with Crippen LogP contribution in [0.15, 0.2) is 57.7 Å². The Kier molecular flexibility index (Phi) is 3.06. The zero-order valence-corrected chi connectivity index (χ0v) is 11.4. The summed E-state index contributed by atoms with van der Waals surface area (Å²) in [6.45, 7) is 1.45. The van der Waals surface area contributed by atoms with E-state index in [0.29, 0.717) is 33.5 Å². The Balaban J connectivity index is 2.29. The zero-order valence-electron chi connectivity index (χ0n) is 11.4. The SMILES string of the molecule is CC(=O)c1cccc(-c2cc(=O)c3ccccc3o2)c1N. The molecule has 0 atom stereocenters. The predicted octanol–water partition coefficient (Wildman–Crippen LogP) is 3.24. The number of Topliss-reactive ketones (excluding diaryl/α,β-unsaturated/α-hetero) is 1. The van der Waals surface area contributed by atoms with E-state index in [9.17, 15) is 9.59 Å². The highest BCUT2D eigenvalue weighted by Gasteiger charge is 2.13. The molecule has 1 aromatic heterocycles. The first-order valence-corrected chi connectivity index (χ1v) is 6.50. The molecule has 0 fully saturated rings. The normalized spacial score (nSPS) is 10.7. The Morgan fingerprint density at radius 1 is 1.10 bits per heavy atom. The number of anilines is 1. The number of fused-ring (bicyclic) bond motifs is 1. The highest BCUT2D eigenvalue weighted by molar-refractivity contribution is 6.02. The van der Waals surface area contributed by atoms with E-state index in [0.717, 1.165) is 0 Å². The molecule has 104 valence electrons. The number of rotatable bonds is 2. The Morgan fingerprint density at radius 3 is 2.62 bits per heavy atom. The maximum Gasteiger partial charge on any atom is 0.193 e. The average molecular weight is 279 g/mol. The van der Waals surface area contributed by atoms with Gasteiger partial charge in [-0.2, -0.15) is 0 Å². The predicted molar refractivity (Wildman–Crippen MR) is 82.3 cm³/mol. The molecule has 0 aliphatic carbocycles. The number of ketones is 1. The molecule has 0 saturated carbocycles. The van der Waals surface area contributed by atoms with Crippen LogP contribution in [0.3, 0.4) is 0 Å². The second-order valence-electron chi connectivity index (χ2n) is 4.79. The van der Waals surface area contributed by atoms with Gasteiger partial charge in [0, 0.05) is 17.2 Å². The average Bonchev–Trinajstić information content (AvgIpc) is 2.47. The molecule has 0 unspecified atom stereocenters. The van der Waals surface area contributed by atoms with Crippen molar-refractivity contribution in [2.75, 3.05) is 5.73 Å². The third-order valence-corrected chi connectivity index (χ3v) is 3.39. The largest absolute Gasteiger partial charge is 0.456 e. The molecule has 0 radical (unpaired) electrons. The van der Waals surface area contributed by atoms with Crippen LogP contribution < -0.4 is 11.2 Å². The topological polar surface area (TPSA) is 73.3 Å². The van der Waals surface area contributed by atoms with E-state index in [1.807, 2.05) is 0 Å². The van der Waals surface area contributed by atoms with Gasteiger partial charge in [-0.05, 0) is 31.2 Å². The van der Waals surface area contributed by atoms with Gasteiger partial charge in [0.2, 0.25) is 0 Å². The summed E-state index contributed by atoms with van der Waals surface area (Å²) in [7, 11) is 0. The number of hydrogen-bond donors (Lipinski definition) is 1. The van der Waals surface area contributed by atoms with E-state index in [2.05, 4.69) is 0 Å². The number of benzene rings is 2. The van der Waals surface area contributed by atoms with Gasteiger partial charge in [0.05, 0.1) is 11.1 Å². The lowest BCUT2D eigenvalue weighted by Gasteiger charge is -2.09. The first kappa shape index (κ1) is 13.1. The highest BCUT2D eigenvalue weighted by Crippen LogP contribution is 2.29. The summed E-state index contributed by atoms with van der Waals surface area (Å²) < 4.78 is 5.75. The smallest absolute Gasteiger partial charge is 0.193 e. The van der Waals surface area contributed by atoms with Crippen LogP contribution in [0.4, 0.5) is 5.69 Å². The van der Waals surface area contributed by atoms with E-state index < -0.39 is 0 Å². The standard InChI is InChI=1S/C17H13NO3/c1-10(19)11-6-4-7-13(17(11)18)16-9-14(20)12-5-2-3-8-15(12)21-16/h2-9H,18H2,1H3. The van der Waals surface area contributed by atoms with E-state index in [1.54, 1.807) is 42.5 Å². The quantitative estimate of drug-likeness (QED) is 0.577. The molecule has 0 spiro atoms. The highest BCUT2D eigenvalue weighted by atomic mass is 16.3. The lowest BCUT2D eigenvalue weighted by atomic mass is 10.0. The zero-order chi connectivity index (χ0) is 15.0. The van der Waals surface area contributed by atoms with Gasteiger partial charge in [0.25, 0.3) is 0 Å². The van der Waals surface area contributed by atoms with Gasteiger partial charge >= 0.3 is 0 Å². The van der Waals surface area contributed by atoms with Gasteiger partial charge in [0.1, 0.15) is 11.3 Å². The van der Waals surface area contributed by atoms with Crippen molar-refractivity contribution in [1.29, 1.82) is 0 Å². The first-order chi connectivity index (χ1) is 10.1. The fourth-order valence-electron chi connectivity index (χ4n) is 2.32. The van der Waals surface area contributed by atoms with Crippen molar-refractivity contribution in [3.63, 3.8) is 0 Å². The van der Waals surface area contributed by atoms with Gasteiger partial charge in [-0.1, -0.05) is 18.2 Å². The molecule has 1 heterocycles. The van der Waals surface area contributed by atoms with Crippen LogP contribution in [0.5, 0.6) is 0 Å². The van der Waals surface area contributed by atoms with Crippen LogP contribution in [0.25, 0.3) is 22.3 Å². The van der Waals surface area contributed by atoms with Gasteiger partial charge in [0.15, 0.2) is 11.2 Å². The number of nitrogens with two attached hydrogens (primary N) is 1.